The van der Waals surface area contributed by atoms with Crippen molar-refractivity contribution >= 4 is 11.4 Å². The fourth-order valence-corrected chi connectivity index (χ4v) is 1.61. The number of benzene rings is 1. The third-order valence-electron chi connectivity index (χ3n) is 2.40. The number of hydrogen-bond donors (Lipinski definition) is 1. The van der Waals surface area contributed by atoms with Crippen LogP contribution < -0.4 is 10.2 Å². The lowest BCUT2D eigenvalue weighted by Crippen LogP contribution is -2.15. The van der Waals surface area contributed by atoms with E-state index in [4.69, 9.17) is 5.26 Å². The van der Waals surface area contributed by atoms with E-state index >= 15 is 0 Å². The monoisotopic (exact) mass is 199 g/mol. The summed E-state index contributed by atoms with van der Waals surface area (Å²) in [7, 11) is 0. The molecule has 0 spiro atoms. The molecule has 0 saturated carbocycles. The number of allylic oxidation sites excluding steroid dienone is 1. The summed E-state index contributed by atoms with van der Waals surface area (Å²) in [5.41, 5.74) is 2.88. The van der Waals surface area contributed by atoms with Crippen LogP contribution in [0.5, 0.6) is 0 Å². The predicted molar refractivity (Wildman–Crippen MR) is 61.6 cm³/mol. The van der Waals surface area contributed by atoms with Crippen LogP contribution >= 0.6 is 0 Å². The molecule has 1 heterocycles. The molecule has 1 N–H and O–H groups in total. The highest BCUT2D eigenvalue weighted by Gasteiger charge is 2.16. The molecule has 0 fully saturated rings. The number of nitrogens with one attached hydrogen (secondary N) is 1. The van der Waals surface area contributed by atoms with Gasteiger partial charge in [-0.25, -0.2) is 0 Å². The average molecular weight is 199 g/mol. The first-order chi connectivity index (χ1) is 7.35. The Hall–Kier alpha value is -1.95. The molecular formula is C12H13N3. The molecule has 0 unspecified atom stereocenters. The van der Waals surface area contributed by atoms with E-state index in [0.717, 1.165) is 24.5 Å². The zero-order chi connectivity index (χ0) is 10.7. The molecule has 0 atom stereocenters. The Morgan fingerprint density at radius 3 is 3.20 bits per heavy atom. The second-order valence-electron chi connectivity index (χ2n) is 3.44. The van der Waals surface area contributed by atoms with E-state index in [1.54, 1.807) is 0 Å². The summed E-state index contributed by atoms with van der Waals surface area (Å²) in [6.45, 7) is 2.88. The maximum atomic E-state index is 8.82. The van der Waals surface area contributed by atoms with Crippen LogP contribution in [0.1, 0.15) is 18.9 Å². The molecule has 0 aliphatic carbocycles. The minimum absolute atomic E-state index is 0.701. The molecule has 3 nitrogen and oxygen atoms in total. The molecule has 0 amide bonds. The number of hydrogen-bond acceptors (Lipinski definition) is 3. The van der Waals surface area contributed by atoms with E-state index in [1.807, 2.05) is 18.2 Å². The molecule has 0 saturated heterocycles. The van der Waals surface area contributed by atoms with Crippen molar-refractivity contribution in [2.75, 3.05) is 16.9 Å². The maximum Gasteiger partial charge on any atom is 0.0992 e. The summed E-state index contributed by atoms with van der Waals surface area (Å²) < 4.78 is 0. The Morgan fingerprint density at radius 1 is 1.60 bits per heavy atom. The molecule has 1 aliphatic heterocycles. The average Bonchev–Trinajstić information content (AvgIpc) is 2.68. The quantitative estimate of drug-likeness (QED) is 0.795. The van der Waals surface area contributed by atoms with Crippen molar-refractivity contribution in [2.24, 2.45) is 0 Å². The van der Waals surface area contributed by atoms with Crippen LogP contribution in [-0.4, -0.2) is 6.67 Å². The van der Waals surface area contributed by atoms with Crippen molar-refractivity contribution < 1.29 is 0 Å². The number of anilines is 2. The zero-order valence-corrected chi connectivity index (χ0v) is 8.70. The zero-order valence-electron chi connectivity index (χ0n) is 8.70. The Labute approximate surface area is 89.6 Å². The van der Waals surface area contributed by atoms with E-state index in [-0.39, 0.29) is 0 Å². The Bertz CT molecular complexity index is 429. The van der Waals surface area contributed by atoms with Crippen LogP contribution in [0, 0.1) is 11.3 Å². The van der Waals surface area contributed by atoms with Gasteiger partial charge in [-0.1, -0.05) is 13.0 Å². The Balaban J connectivity index is 2.32. The van der Waals surface area contributed by atoms with E-state index in [1.165, 1.54) is 0 Å². The smallest absolute Gasteiger partial charge is 0.0992 e. The minimum atomic E-state index is 0.701. The fraction of sp³-hybridized carbons (Fsp3) is 0.250. The van der Waals surface area contributed by atoms with Gasteiger partial charge in [-0.3, -0.25) is 0 Å². The summed E-state index contributed by atoms with van der Waals surface area (Å²) in [6, 6.07) is 7.85. The van der Waals surface area contributed by atoms with Gasteiger partial charge in [0.15, 0.2) is 0 Å². The van der Waals surface area contributed by atoms with Crippen LogP contribution in [-0.2, 0) is 0 Å². The molecule has 1 aliphatic rings. The van der Waals surface area contributed by atoms with Gasteiger partial charge in [0.1, 0.15) is 0 Å². The van der Waals surface area contributed by atoms with Gasteiger partial charge >= 0.3 is 0 Å². The highest BCUT2D eigenvalue weighted by atomic mass is 15.3. The van der Waals surface area contributed by atoms with E-state index in [2.05, 4.69) is 35.5 Å². The van der Waals surface area contributed by atoms with Crippen LogP contribution in [0.4, 0.5) is 11.4 Å². The minimum Gasteiger partial charge on any atom is -0.366 e. The third kappa shape index (κ3) is 1.79. The van der Waals surface area contributed by atoms with Gasteiger partial charge in [-0.15, -0.1) is 0 Å². The van der Waals surface area contributed by atoms with Crippen LogP contribution in [0.2, 0.25) is 0 Å². The Morgan fingerprint density at radius 2 is 2.47 bits per heavy atom. The number of nitrogens with zero attached hydrogens (tertiary/aromatic N) is 2. The summed E-state index contributed by atoms with van der Waals surface area (Å²) in [6.07, 6.45) is 5.18. The standard InChI is InChI=1S/C12H13N3/c1-2-3-6-15-9-14-11-5-4-10(8-13)7-12(11)15/h3-7,14H,2,9H2,1H3. The molecule has 0 bridgehead atoms. The first-order valence-electron chi connectivity index (χ1n) is 5.06. The summed E-state index contributed by atoms with van der Waals surface area (Å²) in [5, 5.41) is 12.1. The predicted octanol–water partition coefficient (Wildman–Crippen LogP) is 2.67. The first-order valence-corrected chi connectivity index (χ1v) is 5.06. The van der Waals surface area contributed by atoms with Crippen molar-refractivity contribution in [3.05, 3.63) is 36.0 Å². The molecule has 76 valence electrons. The van der Waals surface area contributed by atoms with E-state index in [0.29, 0.717) is 5.56 Å². The van der Waals surface area contributed by atoms with Gasteiger partial charge in [0, 0.05) is 6.20 Å². The number of rotatable bonds is 2. The molecule has 0 aromatic heterocycles. The third-order valence-corrected chi connectivity index (χ3v) is 2.40. The Kier molecular flexibility index (Phi) is 2.59. The number of fused-ring (bicyclic) bond motifs is 1. The highest BCUT2D eigenvalue weighted by molar-refractivity contribution is 5.77. The summed E-state index contributed by atoms with van der Waals surface area (Å²) in [4.78, 5) is 2.11. The highest BCUT2D eigenvalue weighted by Crippen LogP contribution is 2.32. The lowest BCUT2D eigenvalue weighted by atomic mass is 10.2. The lowest BCUT2D eigenvalue weighted by Gasteiger charge is -2.11. The molecule has 1 aromatic rings. The van der Waals surface area contributed by atoms with Crippen LogP contribution in [0.25, 0.3) is 0 Å². The van der Waals surface area contributed by atoms with E-state index in [9.17, 15) is 0 Å². The molecular weight excluding hydrogens is 186 g/mol. The van der Waals surface area contributed by atoms with Crippen molar-refractivity contribution in [3.8, 4) is 6.07 Å². The normalized spacial score (nSPS) is 13.7. The summed E-state index contributed by atoms with van der Waals surface area (Å²) >= 11 is 0. The van der Waals surface area contributed by atoms with Gasteiger partial charge in [0.05, 0.1) is 29.7 Å². The van der Waals surface area contributed by atoms with Gasteiger partial charge in [-0.05, 0) is 24.6 Å². The molecule has 2 rings (SSSR count). The summed E-state index contributed by atoms with van der Waals surface area (Å²) in [5.74, 6) is 0. The largest absolute Gasteiger partial charge is 0.366 e. The second-order valence-corrected chi connectivity index (χ2v) is 3.44. The molecule has 0 radical (unpaired) electrons. The number of nitriles is 1. The molecule has 3 heteroatoms. The SMILES string of the molecule is CCC=CN1CNc2ccc(C#N)cc21. The van der Waals surface area contributed by atoms with E-state index < -0.39 is 0 Å². The van der Waals surface area contributed by atoms with Gasteiger partial charge in [-0.2, -0.15) is 5.26 Å². The van der Waals surface area contributed by atoms with Crippen molar-refractivity contribution in [3.63, 3.8) is 0 Å². The second kappa shape index (κ2) is 4.05. The fourth-order valence-electron chi connectivity index (χ4n) is 1.61. The van der Waals surface area contributed by atoms with Gasteiger partial charge < -0.3 is 10.2 Å². The van der Waals surface area contributed by atoms with Gasteiger partial charge in [0.2, 0.25) is 0 Å². The first kappa shape index (κ1) is 9.60. The van der Waals surface area contributed by atoms with Crippen molar-refractivity contribution in [1.29, 1.82) is 5.26 Å². The molecule has 15 heavy (non-hydrogen) atoms. The lowest BCUT2D eigenvalue weighted by molar-refractivity contribution is 1.07. The van der Waals surface area contributed by atoms with Gasteiger partial charge in [0.25, 0.3) is 0 Å². The van der Waals surface area contributed by atoms with Crippen molar-refractivity contribution in [2.45, 2.75) is 13.3 Å². The maximum absolute atomic E-state index is 8.82. The van der Waals surface area contributed by atoms with Crippen molar-refractivity contribution in [1.82, 2.24) is 0 Å². The molecule has 1 aromatic carbocycles. The van der Waals surface area contributed by atoms with Crippen LogP contribution in [0.15, 0.2) is 30.5 Å². The topological polar surface area (TPSA) is 39.1 Å². The van der Waals surface area contributed by atoms with Crippen LogP contribution in [0.3, 0.4) is 0 Å².